The molecule has 0 aromatic carbocycles. The van der Waals surface area contributed by atoms with Crippen LogP contribution in [-0.4, -0.2) is 42.3 Å². The van der Waals surface area contributed by atoms with E-state index in [9.17, 15) is 4.79 Å². The standard InChI is InChI=1S/C19H30N2O3/c1-3-21(4-2)12-7-13-23-19(22)24-18-11-10-17(15-20-18)14-16-8-5-6-9-16/h10-11,15-16H,3-9,12-14H2,1-2H3. The van der Waals surface area contributed by atoms with Gasteiger partial charge in [0.25, 0.3) is 0 Å². The van der Waals surface area contributed by atoms with Crippen LogP contribution in [0.15, 0.2) is 18.3 Å². The maximum absolute atomic E-state index is 11.7. The lowest BCUT2D eigenvalue weighted by atomic mass is 9.99. The Bertz CT molecular complexity index is 480. The Morgan fingerprint density at radius 2 is 2.00 bits per heavy atom. The van der Waals surface area contributed by atoms with Gasteiger partial charge in [-0.25, -0.2) is 9.78 Å². The summed E-state index contributed by atoms with van der Waals surface area (Å²) in [4.78, 5) is 18.2. The molecule has 1 aliphatic carbocycles. The first-order valence-electron chi connectivity index (χ1n) is 9.23. The first-order chi connectivity index (χ1) is 11.7. The fourth-order valence-corrected chi connectivity index (χ4v) is 3.24. The fourth-order valence-electron chi connectivity index (χ4n) is 3.24. The van der Waals surface area contributed by atoms with E-state index in [1.165, 1.54) is 31.2 Å². The quantitative estimate of drug-likeness (QED) is 0.503. The minimum atomic E-state index is -0.675. The number of hydrogen-bond acceptors (Lipinski definition) is 5. The van der Waals surface area contributed by atoms with Gasteiger partial charge in [-0.2, -0.15) is 0 Å². The molecule has 1 aromatic rings. The normalized spacial score (nSPS) is 15.0. The van der Waals surface area contributed by atoms with Gasteiger partial charge in [0.05, 0.1) is 6.61 Å². The summed E-state index contributed by atoms with van der Waals surface area (Å²) in [6.45, 7) is 7.57. The summed E-state index contributed by atoms with van der Waals surface area (Å²) in [7, 11) is 0. The van der Waals surface area contributed by atoms with Crippen molar-refractivity contribution in [3.05, 3.63) is 23.9 Å². The van der Waals surface area contributed by atoms with Gasteiger partial charge in [0.1, 0.15) is 0 Å². The molecule has 24 heavy (non-hydrogen) atoms. The summed E-state index contributed by atoms with van der Waals surface area (Å²) < 4.78 is 10.2. The molecule has 0 N–H and O–H groups in total. The maximum Gasteiger partial charge on any atom is 0.515 e. The zero-order valence-electron chi connectivity index (χ0n) is 15.0. The number of ether oxygens (including phenoxy) is 2. The molecule has 1 saturated carbocycles. The van der Waals surface area contributed by atoms with Crippen molar-refractivity contribution in [3.8, 4) is 5.88 Å². The third-order valence-electron chi connectivity index (χ3n) is 4.72. The Balaban J connectivity index is 1.66. The van der Waals surface area contributed by atoms with Gasteiger partial charge in [0.2, 0.25) is 5.88 Å². The first kappa shape index (κ1) is 18.7. The van der Waals surface area contributed by atoms with E-state index in [4.69, 9.17) is 9.47 Å². The first-order valence-corrected chi connectivity index (χ1v) is 9.23. The third-order valence-corrected chi connectivity index (χ3v) is 4.72. The van der Waals surface area contributed by atoms with Crippen LogP contribution in [0.4, 0.5) is 4.79 Å². The SMILES string of the molecule is CCN(CC)CCCOC(=O)Oc1ccc(CC2CCCC2)cn1. The summed E-state index contributed by atoms with van der Waals surface area (Å²) in [5.41, 5.74) is 1.21. The van der Waals surface area contributed by atoms with Gasteiger partial charge in [-0.1, -0.05) is 45.6 Å². The fraction of sp³-hybridized carbons (Fsp3) is 0.684. The Kier molecular flexibility index (Phi) is 8.02. The summed E-state index contributed by atoms with van der Waals surface area (Å²) in [6, 6.07) is 3.75. The van der Waals surface area contributed by atoms with Crippen LogP contribution in [0.2, 0.25) is 0 Å². The highest BCUT2D eigenvalue weighted by atomic mass is 16.7. The van der Waals surface area contributed by atoms with Crippen molar-refractivity contribution in [2.75, 3.05) is 26.2 Å². The van der Waals surface area contributed by atoms with Crippen LogP contribution in [-0.2, 0) is 11.2 Å². The molecule has 0 atom stereocenters. The Morgan fingerprint density at radius 1 is 1.25 bits per heavy atom. The largest absolute Gasteiger partial charge is 0.515 e. The Hall–Kier alpha value is -1.62. The van der Waals surface area contributed by atoms with Crippen LogP contribution in [0, 0.1) is 5.92 Å². The predicted molar refractivity (Wildman–Crippen MR) is 94.3 cm³/mol. The topological polar surface area (TPSA) is 51.7 Å². The second-order valence-electron chi connectivity index (χ2n) is 6.44. The Labute approximate surface area is 145 Å². The second-order valence-corrected chi connectivity index (χ2v) is 6.44. The molecular weight excluding hydrogens is 304 g/mol. The van der Waals surface area contributed by atoms with Crippen LogP contribution in [0.25, 0.3) is 0 Å². The van der Waals surface area contributed by atoms with E-state index in [0.29, 0.717) is 12.5 Å². The van der Waals surface area contributed by atoms with Crippen molar-refractivity contribution in [1.82, 2.24) is 9.88 Å². The second kappa shape index (κ2) is 10.3. The van der Waals surface area contributed by atoms with Crippen LogP contribution < -0.4 is 4.74 Å². The lowest BCUT2D eigenvalue weighted by Crippen LogP contribution is -2.25. The number of nitrogens with zero attached hydrogens (tertiary/aromatic N) is 2. The zero-order chi connectivity index (χ0) is 17.2. The van der Waals surface area contributed by atoms with Gasteiger partial charge in [0, 0.05) is 18.8 Å². The number of aromatic nitrogens is 1. The molecule has 1 heterocycles. The van der Waals surface area contributed by atoms with E-state index in [-0.39, 0.29) is 0 Å². The summed E-state index contributed by atoms with van der Waals surface area (Å²) in [5.74, 6) is 1.09. The van der Waals surface area contributed by atoms with E-state index in [1.807, 2.05) is 6.07 Å². The van der Waals surface area contributed by atoms with Gasteiger partial charge in [-0.3, -0.25) is 0 Å². The van der Waals surface area contributed by atoms with Crippen molar-refractivity contribution in [2.24, 2.45) is 5.92 Å². The highest BCUT2D eigenvalue weighted by Crippen LogP contribution is 2.28. The monoisotopic (exact) mass is 334 g/mol. The molecule has 0 bridgehead atoms. The van der Waals surface area contributed by atoms with Crippen LogP contribution in [0.1, 0.15) is 51.5 Å². The molecular formula is C19H30N2O3. The number of hydrogen-bond donors (Lipinski definition) is 0. The molecule has 2 rings (SSSR count). The molecule has 5 heteroatoms. The van der Waals surface area contributed by atoms with Gasteiger partial charge < -0.3 is 14.4 Å². The molecule has 0 unspecified atom stereocenters. The van der Waals surface area contributed by atoms with Crippen molar-refractivity contribution in [1.29, 1.82) is 0 Å². The van der Waals surface area contributed by atoms with Crippen LogP contribution >= 0.6 is 0 Å². The molecule has 0 amide bonds. The van der Waals surface area contributed by atoms with Gasteiger partial charge >= 0.3 is 6.16 Å². The summed E-state index contributed by atoms with van der Waals surface area (Å²) in [6.07, 6.45) is 8.34. The average molecular weight is 334 g/mol. The van der Waals surface area contributed by atoms with Crippen LogP contribution in [0.3, 0.4) is 0 Å². The number of carbonyl (C=O) groups excluding carboxylic acids is 1. The van der Waals surface area contributed by atoms with E-state index >= 15 is 0 Å². The van der Waals surface area contributed by atoms with E-state index in [0.717, 1.165) is 38.4 Å². The minimum Gasteiger partial charge on any atom is -0.434 e. The van der Waals surface area contributed by atoms with E-state index < -0.39 is 6.16 Å². The zero-order valence-corrected chi connectivity index (χ0v) is 15.0. The molecule has 134 valence electrons. The number of carbonyl (C=O) groups is 1. The molecule has 1 aromatic heterocycles. The van der Waals surface area contributed by atoms with E-state index in [1.54, 1.807) is 12.3 Å². The van der Waals surface area contributed by atoms with Gasteiger partial charge in [-0.05, 0) is 37.4 Å². The molecule has 5 nitrogen and oxygen atoms in total. The van der Waals surface area contributed by atoms with Crippen molar-refractivity contribution >= 4 is 6.16 Å². The molecule has 1 aliphatic rings. The molecule has 0 saturated heterocycles. The highest BCUT2D eigenvalue weighted by Gasteiger charge is 2.15. The molecule has 1 fully saturated rings. The Morgan fingerprint density at radius 3 is 2.62 bits per heavy atom. The molecule has 0 radical (unpaired) electrons. The van der Waals surface area contributed by atoms with Crippen LogP contribution in [0.5, 0.6) is 5.88 Å². The summed E-state index contributed by atoms with van der Waals surface area (Å²) in [5, 5.41) is 0. The lowest BCUT2D eigenvalue weighted by Gasteiger charge is -2.17. The predicted octanol–water partition coefficient (Wildman–Crippen LogP) is 4.06. The average Bonchev–Trinajstić information content (AvgIpc) is 3.10. The molecule has 0 spiro atoms. The maximum atomic E-state index is 11.7. The minimum absolute atomic E-state index is 0.305. The number of pyridine rings is 1. The van der Waals surface area contributed by atoms with Crippen molar-refractivity contribution < 1.29 is 14.3 Å². The third kappa shape index (κ3) is 6.48. The van der Waals surface area contributed by atoms with Crippen molar-refractivity contribution in [3.63, 3.8) is 0 Å². The van der Waals surface area contributed by atoms with Crippen molar-refractivity contribution in [2.45, 2.75) is 52.4 Å². The summed E-state index contributed by atoms with van der Waals surface area (Å²) >= 11 is 0. The van der Waals surface area contributed by atoms with Gasteiger partial charge in [0.15, 0.2) is 0 Å². The highest BCUT2D eigenvalue weighted by molar-refractivity contribution is 5.62. The lowest BCUT2D eigenvalue weighted by molar-refractivity contribution is 0.0931. The van der Waals surface area contributed by atoms with Gasteiger partial charge in [-0.15, -0.1) is 0 Å². The molecule has 0 aliphatic heterocycles. The number of rotatable bonds is 9. The van der Waals surface area contributed by atoms with E-state index in [2.05, 4.69) is 23.7 Å². The smallest absolute Gasteiger partial charge is 0.434 e.